The van der Waals surface area contributed by atoms with E-state index in [1.54, 1.807) is 6.92 Å². The molecule has 0 fully saturated rings. The van der Waals surface area contributed by atoms with E-state index >= 15 is 0 Å². The molecule has 0 unspecified atom stereocenters. The summed E-state index contributed by atoms with van der Waals surface area (Å²) >= 11 is 6.31. The van der Waals surface area contributed by atoms with Crippen molar-refractivity contribution in [2.45, 2.75) is 46.5 Å². The Morgan fingerprint density at radius 1 is 1.42 bits per heavy atom. The van der Waals surface area contributed by atoms with Crippen LogP contribution in [0, 0.1) is 12.3 Å². The van der Waals surface area contributed by atoms with E-state index in [0.717, 1.165) is 24.4 Å². The third kappa shape index (κ3) is 3.70. The van der Waals surface area contributed by atoms with Crippen LogP contribution < -0.4 is 11.1 Å². The number of carbonyl (C=O) groups excluding carboxylic acids is 1. The van der Waals surface area contributed by atoms with Crippen molar-refractivity contribution >= 4 is 39.8 Å². The number of anilines is 1. The summed E-state index contributed by atoms with van der Waals surface area (Å²) in [6.07, 6.45) is 3.00. The zero-order chi connectivity index (χ0) is 14.5. The van der Waals surface area contributed by atoms with Gasteiger partial charge in [-0.25, -0.2) is 4.98 Å². The van der Waals surface area contributed by atoms with Crippen LogP contribution in [-0.4, -0.2) is 20.3 Å². The van der Waals surface area contributed by atoms with Gasteiger partial charge in [-0.1, -0.05) is 38.9 Å². The molecule has 0 bridgehead atoms. The molecule has 0 atom stereocenters. The normalized spacial score (nSPS) is 11.3. The lowest BCUT2D eigenvalue weighted by Gasteiger charge is -2.30. The van der Waals surface area contributed by atoms with Crippen molar-refractivity contribution in [3.63, 3.8) is 0 Å². The molecule has 1 heterocycles. The van der Waals surface area contributed by atoms with Gasteiger partial charge in [0.2, 0.25) is 11.0 Å². The first-order valence-corrected chi connectivity index (χ1v) is 7.56. The SMILES string of the molecule is CCCC(CCC)(C(=O)Nc1nc(C)ns1)C(N)=S. The number of nitrogens with two attached hydrogens (primary N) is 1. The highest BCUT2D eigenvalue weighted by Crippen LogP contribution is 2.32. The molecular formula is C12H20N4OS2. The predicted octanol–water partition coefficient (Wildman–Crippen LogP) is 2.66. The zero-order valence-electron chi connectivity index (χ0n) is 11.5. The third-order valence-electron chi connectivity index (χ3n) is 3.01. The van der Waals surface area contributed by atoms with E-state index in [9.17, 15) is 4.79 Å². The molecule has 19 heavy (non-hydrogen) atoms. The van der Waals surface area contributed by atoms with Gasteiger partial charge in [0.25, 0.3) is 0 Å². The Hall–Kier alpha value is -1.08. The highest BCUT2D eigenvalue weighted by molar-refractivity contribution is 7.80. The van der Waals surface area contributed by atoms with Gasteiger partial charge in [0.15, 0.2) is 0 Å². The van der Waals surface area contributed by atoms with Crippen LogP contribution >= 0.6 is 23.8 Å². The second-order valence-electron chi connectivity index (χ2n) is 4.55. The predicted molar refractivity (Wildman–Crippen MR) is 82.3 cm³/mol. The number of hydrogen-bond acceptors (Lipinski definition) is 5. The maximum atomic E-state index is 12.5. The number of hydrogen-bond donors (Lipinski definition) is 2. The molecule has 7 heteroatoms. The van der Waals surface area contributed by atoms with Crippen LogP contribution in [0.5, 0.6) is 0 Å². The highest BCUT2D eigenvalue weighted by atomic mass is 32.1. The number of thiocarbonyl (C=S) groups is 1. The molecule has 0 aliphatic rings. The number of nitrogens with one attached hydrogen (secondary N) is 1. The second kappa shape index (κ2) is 6.91. The molecule has 106 valence electrons. The summed E-state index contributed by atoms with van der Waals surface area (Å²) in [5, 5.41) is 3.29. The zero-order valence-corrected chi connectivity index (χ0v) is 13.2. The first-order valence-electron chi connectivity index (χ1n) is 6.38. The fourth-order valence-electron chi connectivity index (χ4n) is 2.13. The molecule has 5 nitrogen and oxygen atoms in total. The Bertz CT molecular complexity index is 452. The van der Waals surface area contributed by atoms with Crippen LogP contribution in [0.1, 0.15) is 45.4 Å². The summed E-state index contributed by atoms with van der Waals surface area (Å²) in [5.41, 5.74) is 5.06. The van der Waals surface area contributed by atoms with E-state index in [1.165, 1.54) is 0 Å². The number of amides is 1. The fourth-order valence-corrected chi connectivity index (χ4v) is 3.00. The standard InChI is InChI=1S/C12H20N4OS2/c1-4-6-12(7-5-2,9(13)18)10(17)15-11-14-8(3)16-19-11/h4-7H2,1-3H3,(H2,13,18)(H,14,15,16,17). The van der Waals surface area contributed by atoms with Crippen LogP contribution in [-0.2, 0) is 4.79 Å². The van der Waals surface area contributed by atoms with E-state index in [4.69, 9.17) is 18.0 Å². The summed E-state index contributed by atoms with van der Waals surface area (Å²) < 4.78 is 4.04. The van der Waals surface area contributed by atoms with Crippen molar-refractivity contribution in [2.24, 2.45) is 11.1 Å². The molecule has 0 saturated heterocycles. The molecule has 1 rings (SSSR count). The number of aryl methyl sites for hydroxylation is 1. The van der Waals surface area contributed by atoms with Crippen molar-refractivity contribution in [1.29, 1.82) is 0 Å². The average molecular weight is 300 g/mol. The van der Waals surface area contributed by atoms with E-state index in [0.29, 0.717) is 23.8 Å². The average Bonchev–Trinajstić information content (AvgIpc) is 2.73. The van der Waals surface area contributed by atoms with Gasteiger partial charge in [0.1, 0.15) is 5.82 Å². The van der Waals surface area contributed by atoms with Gasteiger partial charge in [0, 0.05) is 11.5 Å². The van der Waals surface area contributed by atoms with Crippen molar-refractivity contribution in [3.8, 4) is 0 Å². The summed E-state index contributed by atoms with van der Waals surface area (Å²) in [6.45, 7) is 5.82. The molecule has 0 radical (unpaired) electrons. The van der Waals surface area contributed by atoms with E-state index in [2.05, 4.69) is 14.7 Å². The van der Waals surface area contributed by atoms with Gasteiger partial charge in [-0.15, -0.1) is 0 Å². The maximum absolute atomic E-state index is 12.5. The molecule has 0 spiro atoms. The van der Waals surface area contributed by atoms with E-state index < -0.39 is 5.41 Å². The lowest BCUT2D eigenvalue weighted by Crippen LogP contribution is -2.46. The van der Waals surface area contributed by atoms with Crippen molar-refractivity contribution < 1.29 is 4.79 Å². The number of nitrogens with zero attached hydrogens (tertiary/aromatic N) is 2. The second-order valence-corrected chi connectivity index (χ2v) is 5.74. The monoisotopic (exact) mass is 300 g/mol. The minimum absolute atomic E-state index is 0.167. The van der Waals surface area contributed by atoms with Crippen LogP contribution in [0.2, 0.25) is 0 Å². The minimum atomic E-state index is -0.779. The van der Waals surface area contributed by atoms with Crippen molar-refractivity contribution in [3.05, 3.63) is 5.82 Å². The van der Waals surface area contributed by atoms with Crippen LogP contribution in [0.4, 0.5) is 5.13 Å². The van der Waals surface area contributed by atoms with Gasteiger partial charge in [-0.05, 0) is 19.8 Å². The van der Waals surface area contributed by atoms with E-state index in [-0.39, 0.29) is 10.9 Å². The number of aromatic nitrogens is 2. The molecule has 0 aliphatic heterocycles. The van der Waals surface area contributed by atoms with E-state index in [1.807, 2.05) is 13.8 Å². The van der Waals surface area contributed by atoms with Crippen LogP contribution in [0.15, 0.2) is 0 Å². The first kappa shape index (κ1) is 16.0. The van der Waals surface area contributed by atoms with Gasteiger partial charge in [-0.3, -0.25) is 10.1 Å². The molecule has 0 aliphatic carbocycles. The number of rotatable bonds is 7. The Labute approximate surface area is 123 Å². The van der Waals surface area contributed by atoms with Gasteiger partial charge >= 0.3 is 0 Å². The smallest absolute Gasteiger partial charge is 0.239 e. The summed E-state index contributed by atoms with van der Waals surface area (Å²) in [4.78, 5) is 16.9. The van der Waals surface area contributed by atoms with Gasteiger partial charge < -0.3 is 5.73 Å². The maximum Gasteiger partial charge on any atom is 0.239 e. The molecule has 1 aromatic heterocycles. The molecule has 0 saturated carbocycles. The molecule has 0 aromatic carbocycles. The highest BCUT2D eigenvalue weighted by Gasteiger charge is 2.40. The first-order chi connectivity index (χ1) is 8.96. The van der Waals surface area contributed by atoms with Crippen LogP contribution in [0.3, 0.4) is 0 Å². The Morgan fingerprint density at radius 2 is 2.00 bits per heavy atom. The summed E-state index contributed by atoms with van der Waals surface area (Å²) in [7, 11) is 0. The third-order valence-corrected chi connectivity index (χ3v) is 4.12. The topological polar surface area (TPSA) is 80.9 Å². The molecule has 1 amide bonds. The summed E-state index contributed by atoms with van der Waals surface area (Å²) in [6, 6.07) is 0. The molecule has 3 N–H and O–H groups in total. The number of carbonyl (C=O) groups is 1. The minimum Gasteiger partial charge on any atom is -0.392 e. The van der Waals surface area contributed by atoms with Crippen molar-refractivity contribution in [2.75, 3.05) is 5.32 Å². The largest absolute Gasteiger partial charge is 0.392 e. The van der Waals surface area contributed by atoms with Crippen LogP contribution in [0.25, 0.3) is 0 Å². The lowest BCUT2D eigenvalue weighted by atomic mass is 9.78. The van der Waals surface area contributed by atoms with Gasteiger partial charge in [0.05, 0.1) is 10.4 Å². The fraction of sp³-hybridized carbons (Fsp3) is 0.667. The quantitative estimate of drug-likeness (QED) is 0.757. The summed E-state index contributed by atoms with van der Waals surface area (Å²) in [5.74, 6) is 0.479. The molecule has 1 aromatic rings. The Balaban J connectivity index is 2.95. The van der Waals surface area contributed by atoms with Crippen molar-refractivity contribution in [1.82, 2.24) is 9.36 Å². The van der Waals surface area contributed by atoms with Gasteiger partial charge in [-0.2, -0.15) is 4.37 Å². The Morgan fingerprint density at radius 3 is 2.37 bits per heavy atom. The Kier molecular flexibility index (Phi) is 5.81. The molecular weight excluding hydrogens is 280 g/mol. The lowest BCUT2D eigenvalue weighted by molar-refractivity contribution is -0.122.